The molecular formula is C10H6ClFN2O. The normalized spacial score (nSPS) is 10.3. The Hall–Kier alpha value is -1.68. The summed E-state index contributed by atoms with van der Waals surface area (Å²) >= 11 is 5.48. The van der Waals surface area contributed by atoms with Crippen molar-refractivity contribution in [1.82, 2.24) is 9.97 Å². The largest absolute Gasteiger partial charge is 0.297 e. The molecule has 15 heavy (non-hydrogen) atoms. The van der Waals surface area contributed by atoms with Crippen molar-refractivity contribution >= 4 is 11.6 Å². The zero-order chi connectivity index (χ0) is 10.8. The molecule has 3 nitrogen and oxygen atoms in total. The molecule has 0 aliphatic rings. The lowest BCUT2D eigenvalue weighted by Crippen LogP contribution is -2.10. The van der Waals surface area contributed by atoms with E-state index >= 15 is 0 Å². The van der Waals surface area contributed by atoms with Gasteiger partial charge in [-0.25, -0.2) is 9.37 Å². The first-order valence-corrected chi connectivity index (χ1v) is 4.56. The number of halogens is 2. The molecule has 0 saturated heterocycles. The minimum atomic E-state index is -0.466. The Bertz CT molecular complexity index is 553. The molecule has 2 rings (SSSR count). The molecule has 0 saturated carbocycles. The van der Waals surface area contributed by atoms with E-state index in [2.05, 4.69) is 9.97 Å². The van der Waals surface area contributed by atoms with Crippen LogP contribution >= 0.6 is 11.6 Å². The highest BCUT2D eigenvalue weighted by Gasteiger charge is 2.08. The van der Waals surface area contributed by atoms with Gasteiger partial charge in [-0.05, 0) is 17.7 Å². The van der Waals surface area contributed by atoms with Crippen molar-refractivity contribution in [2.45, 2.75) is 0 Å². The molecule has 1 N–H and O–H groups in total. The van der Waals surface area contributed by atoms with Crippen LogP contribution in [-0.2, 0) is 0 Å². The molecule has 5 heteroatoms. The molecule has 0 fully saturated rings. The van der Waals surface area contributed by atoms with Crippen LogP contribution in [0.15, 0.2) is 35.3 Å². The Balaban J connectivity index is 2.65. The summed E-state index contributed by atoms with van der Waals surface area (Å²) in [5.41, 5.74) is -0.0829. The van der Waals surface area contributed by atoms with E-state index in [0.717, 1.165) is 0 Å². The smallest absolute Gasteiger partial charge is 0.259 e. The molecule has 1 aromatic carbocycles. The summed E-state index contributed by atoms with van der Waals surface area (Å²) in [7, 11) is 0. The predicted octanol–water partition coefficient (Wildman–Crippen LogP) is 2.23. The summed E-state index contributed by atoms with van der Waals surface area (Å²) in [6.45, 7) is 0. The SMILES string of the molecule is O=c1[nH]c(Cl)ncc1-c1ccccc1F. The van der Waals surface area contributed by atoms with Gasteiger partial charge in [-0.1, -0.05) is 18.2 Å². The molecular weight excluding hydrogens is 219 g/mol. The molecule has 0 aliphatic heterocycles. The number of nitrogens with zero attached hydrogens (tertiary/aromatic N) is 1. The van der Waals surface area contributed by atoms with Crippen molar-refractivity contribution in [2.75, 3.05) is 0 Å². The molecule has 0 spiro atoms. The summed E-state index contributed by atoms with van der Waals surface area (Å²) < 4.78 is 13.3. The zero-order valence-electron chi connectivity index (χ0n) is 7.50. The quantitative estimate of drug-likeness (QED) is 0.755. The van der Waals surface area contributed by atoms with Gasteiger partial charge in [0.1, 0.15) is 5.82 Å². The van der Waals surface area contributed by atoms with Gasteiger partial charge in [0.05, 0.1) is 5.56 Å². The molecule has 0 atom stereocenters. The number of hydrogen-bond acceptors (Lipinski definition) is 2. The van der Waals surface area contributed by atoms with E-state index in [0.29, 0.717) is 0 Å². The first-order valence-electron chi connectivity index (χ1n) is 4.18. The van der Waals surface area contributed by atoms with E-state index < -0.39 is 11.4 Å². The Kier molecular flexibility index (Phi) is 2.51. The van der Waals surface area contributed by atoms with Crippen molar-refractivity contribution in [1.29, 1.82) is 0 Å². The first kappa shape index (κ1) is 9.86. The number of hydrogen-bond donors (Lipinski definition) is 1. The van der Waals surface area contributed by atoms with Crippen LogP contribution in [0.2, 0.25) is 5.28 Å². The molecule has 0 amide bonds. The van der Waals surface area contributed by atoms with Crippen LogP contribution in [0.5, 0.6) is 0 Å². The van der Waals surface area contributed by atoms with Gasteiger partial charge in [-0.2, -0.15) is 0 Å². The first-order chi connectivity index (χ1) is 7.18. The number of H-pyrrole nitrogens is 1. The van der Waals surface area contributed by atoms with Gasteiger partial charge in [0, 0.05) is 11.8 Å². The van der Waals surface area contributed by atoms with E-state index in [1.54, 1.807) is 12.1 Å². The molecule has 0 unspecified atom stereocenters. The van der Waals surface area contributed by atoms with Crippen molar-refractivity contribution in [3.05, 3.63) is 51.9 Å². The number of aromatic amines is 1. The van der Waals surface area contributed by atoms with Crippen LogP contribution in [0.1, 0.15) is 0 Å². The topological polar surface area (TPSA) is 45.8 Å². The van der Waals surface area contributed by atoms with E-state index in [1.165, 1.54) is 18.3 Å². The second-order valence-electron chi connectivity index (χ2n) is 2.90. The maximum Gasteiger partial charge on any atom is 0.259 e. The Labute approximate surface area is 89.6 Å². The standard InChI is InChI=1S/C10H6ClFN2O/c11-10-13-5-7(9(15)14-10)6-3-1-2-4-8(6)12/h1-5H,(H,13,14,15). The molecule has 1 aromatic heterocycles. The minimum absolute atomic E-state index is 0.0138. The predicted molar refractivity (Wildman–Crippen MR) is 55.3 cm³/mol. The fourth-order valence-corrected chi connectivity index (χ4v) is 1.38. The van der Waals surface area contributed by atoms with E-state index in [1.807, 2.05) is 0 Å². The van der Waals surface area contributed by atoms with Gasteiger partial charge in [0.25, 0.3) is 5.56 Å². The van der Waals surface area contributed by atoms with Gasteiger partial charge in [0.15, 0.2) is 0 Å². The molecule has 0 radical (unpaired) electrons. The lowest BCUT2D eigenvalue weighted by atomic mass is 10.1. The zero-order valence-corrected chi connectivity index (χ0v) is 8.25. The maximum absolute atomic E-state index is 13.3. The summed E-state index contributed by atoms with van der Waals surface area (Å²) in [5.74, 6) is -0.466. The van der Waals surface area contributed by atoms with Gasteiger partial charge < -0.3 is 0 Å². The lowest BCUT2D eigenvalue weighted by molar-refractivity contribution is 0.631. The van der Waals surface area contributed by atoms with Crippen LogP contribution in [0.4, 0.5) is 4.39 Å². The van der Waals surface area contributed by atoms with E-state index in [9.17, 15) is 9.18 Å². The Morgan fingerprint density at radius 2 is 2.00 bits per heavy atom. The van der Waals surface area contributed by atoms with Gasteiger partial charge in [-0.15, -0.1) is 0 Å². The van der Waals surface area contributed by atoms with Gasteiger partial charge >= 0.3 is 0 Å². The maximum atomic E-state index is 13.3. The lowest BCUT2D eigenvalue weighted by Gasteiger charge is -2.00. The Morgan fingerprint density at radius 1 is 1.27 bits per heavy atom. The Morgan fingerprint density at radius 3 is 2.67 bits per heavy atom. The molecule has 1 heterocycles. The third-order valence-electron chi connectivity index (χ3n) is 1.93. The second kappa shape index (κ2) is 3.82. The fraction of sp³-hybridized carbons (Fsp3) is 0. The van der Waals surface area contributed by atoms with Gasteiger partial charge in [-0.3, -0.25) is 9.78 Å². The molecule has 0 aliphatic carbocycles. The number of nitrogens with one attached hydrogen (secondary N) is 1. The highest BCUT2D eigenvalue weighted by Crippen LogP contribution is 2.18. The molecule has 2 aromatic rings. The number of aromatic nitrogens is 2. The van der Waals surface area contributed by atoms with Crippen LogP contribution < -0.4 is 5.56 Å². The van der Waals surface area contributed by atoms with Crippen LogP contribution in [0.25, 0.3) is 11.1 Å². The van der Waals surface area contributed by atoms with Crippen molar-refractivity contribution in [2.24, 2.45) is 0 Å². The third kappa shape index (κ3) is 1.89. The summed E-state index contributed by atoms with van der Waals surface area (Å²) in [6.07, 6.45) is 1.25. The summed E-state index contributed by atoms with van der Waals surface area (Å²) in [4.78, 5) is 17.4. The monoisotopic (exact) mass is 224 g/mol. The van der Waals surface area contributed by atoms with Gasteiger partial charge in [0.2, 0.25) is 5.28 Å². The molecule has 0 bridgehead atoms. The number of benzene rings is 1. The highest BCUT2D eigenvalue weighted by molar-refractivity contribution is 6.28. The van der Waals surface area contributed by atoms with E-state index in [4.69, 9.17) is 11.6 Å². The van der Waals surface area contributed by atoms with Crippen molar-refractivity contribution in [3.63, 3.8) is 0 Å². The van der Waals surface area contributed by atoms with Crippen molar-refractivity contribution in [3.8, 4) is 11.1 Å². The average Bonchev–Trinajstić information content (AvgIpc) is 2.20. The van der Waals surface area contributed by atoms with Crippen LogP contribution in [0.3, 0.4) is 0 Å². The van der Waals surface area contributed by atoms with E-state index in [-0.39, 0.29) is 16.4 Å². The average molecular weight is 225 g/mol. The summed E-state index contributed by atoms with van der Waals surface area (Å²) in [5, 5.41) is -0.0138. The fourth-order valence-electron chi connectivity index (χ4n) is 1.24. The third-order valence-corrected chi connectivity index (χ3v) is 2.12. The second-order valence-corrected chi connectivity index (χ2v) is 3.25. The minimum Gasteiger partial charge on any atom is -0.297 e. The van der Waals surface area contributed by atoms with Crippen LogP contribution in [0, 0.1) is 5.82 Å². The highest BCUT2D eigenvalue weighted by atomic mass is 35.5. The number of rotatable bonds is 1. The molecule has 76 valence electrons. The van der Waals surface area contributed by atoms with Crippen molar-refractivity contribution < 1.29 is 4.39 Å². The summed E-state index contributed by atoms with van der Waals surface area (Å²) in [6, 6.07) is 5.99. The van der Waals surface area contributed by atoms with Crippen LogP contribution in [-0.4, -0.2) is 9.97 Å².